The molecule has 0 saturated carbocycles. The minimum absolute atomic E-state index is 0. The fourth-order valence-corrected chi connectivity index (χ4v) is 6.81. The second-order valence-corrected chi connectivity index (χ2v) is 12.5. The minimum atomic E-state index is -3.16. The predicted molar refractivity (Wildman–Crippen MR) is 189 cm³/mol. The number of aromatic nitrogens is 2. The monoisotopic (exact) mass is 805 g/mol. The van der Waals surface area contributed by atoms with Crippen molar-refractivity contribution in [2.75, 3.05) is 0 Å². The maximum Gasteiger partial charge on any atom is 0.273 e. The maximum atomic E-state index is 16.3. The Balaban J connectivity index is 0.000000237. The van der Waals surface area contributed by atoms with Crippen molar-refractivity contribution in [2.24, 2.45) is 5.92 Å². The Labute approximate surface area is 291 Å². The van der Waals surface area contributed by atoms with E-state index in [0.717, 1.165) is 55.4 Å². The van der Waals surface area contributed by atoms with E-state index < -0.39 is 5.92 Å². The van der Waals surface area contributed by atoms with Crippen LogP contribution >= 0.6 is 0 Å². The third-order valence-electron chi connectivity index (χ3n) is 8.92. The average molecular weight is 805 g/mol. The number of pyridine rings is 2. The van der Waals surface area contributed by atoms with Crippen molar-refractivity contribution in [1.82, 2.24) is 9.97 Å². The van der Waals surface area contributed by atoms with Crippen molar-refractivity contribution in [3.63, 3.8) is 0 Å². The summed E-state index contributed by atoms with van der Waals surface area (Å²) in [4.78, 5) is 8.82. The van der Waals surface area contributed by atoms with Gasteiger partial charge >= 0.3 is 0 Å². The third kappa shape index (κ3) is 5.47. The van der Waals surface area contributed by atoms with Crippen molar-refractivity contribution in [3.05, 3.63) is 156 Å². The molecule has 0 bridgehead atoms. The van der Waals surface area contributed by atoms with Gasteiger partial charge in [0.2, 0.25) is 0 Å². The summed E-state index contributed by atoms with van der Waals surface area (Å²) in [6.07, 6.45) is 4.47. The van der Waals surface area contributed by atoms with Crippen LogP contribution in [0.3, 0.4) is 0 Å². The molecule has 1 aliphatic carbocycles. The van der Waals surface area contributed by atoms with E-state index in [4.69, 9.17) is 0 Å². The van der Waals surface area contributed by atoms with Gasteiger partial charge in [-0.15, -0.1) is 59.5 Å². The van der Waals surface area contributed by atoms with E-state index in [-0.39, 0.29) is 31.2 Å². The quantitative estimate of drug-likeness (QED) is 0.131. The van der Waals surface area contributed by atoms with Gasteiger partial charge in [-0.2, -0.15) is 0 Å². The van der Waals surface area contributed by atoms with Crippen molar-refractivity contribution < 1.29 is 28.9 Å². The van der Waals surface area contributed by atoms with Crippen molar-refractivity contribution in [3.8, 4) is 22.5 Å². The number of rotatable bonds is 3. The summed E-state index contributed by atoms with van der Waals surface area (Å²) < 4.78 is 32.6. The number of nitrogens with zero attached hydrogens (tertiary/aromatic N) is 2. The summed E-state index contributed by atoms with van der Waals surface area (Å²) in [7, 11) is 0. The molecule has 0 fully saturated rings. The van der Waals surface area contributed by atoms with Crippen LogP contribution in [0.2, 0.25) is 0 Å². The number of fused-ring (bicyclic) bond motifs is 7. The zero-order valence-corrected chi connectivity index (χ0v) is 28.8. The standard InChI is InChI=1S/C32H22F2N.C11H8N.Ir/c1-18(2)13-19-7-8-20-9-10-23-24-11-12-35-31-27-15-21-5-3-4-6-22(21)16-28(27)32(33,34)29(30(24)31)17-26(23)25(20)14-19;1-2-6-10(7-3-1)11-8-4-5-9-12-11;/h3-12,14,16-18H,13H2,1-2H3;1-6,8-9H;/q2*-1;. The summed E-state index contributed by atoms with van der Waals surface area (Å²) >= 11 is 0. The van der Waals surface area contributed by atoms with E-state index in [9.17, 15) is 0 Å². The largest absolute Gasteiger partial charge is 0.305 e. The molecule has 2 heterocycles. The Morgan fingerprint density at radius 1 is 0.688 bits per heavy atom. The zero-order chi connectivity index (χ0) is 32.1. The average Bonchev–Trinajstić information content (AvgIpc) is 3.10. The van der Waals surface area contributed by atoms with Gasteiger partial charge < -0.3 is 4.98 Å². The molecule has 2 aromatic heterocycles. The van der Waals surface area contributed by atoms with Gasteiger partial charge in [0, 0.05) is 43.8 Å². The Morgan fingerprint density at radius 3 is 2.29 bits per heavy atom. The van der Waals surface area contributed by atoms with E-state index >= 15 is 8.78 Å². The molecular weight excluding hydrogens is 775 g/mol. The van der Waals surface area contributed by atoms with Gasteiger partial charge in [0.15, 0.2) is 0 Å². The van der Waals surface area contributed by atoms with Crippen LogP contribution in [0.5, 0.6) is 0 Å². The SMILES string of the molecule is CC(C)Cc1ccc2ccc3c4ccnc5c4c(cc3c2c1)C(F)(F)c1cc2ccccc2[c-]c1-5.[Ir].[c-]1ccccc1-c1ccccn1. The van der Waals surface area contributed by atoms with Gasteiger partial charge in [-0.25, -0.2) is 8.78 Å². The summed E-state index contributed by atoms with van der Waals surface area (Å²) in [6.45, 7) is 4.39. The van der Waals surface area contributed by atoms with Gasteiger partial charge in [-0.3, -0.25) is 4.98 Å². The van der Waals surface area contributed by atoms with Crippen molar-refractivity contribution in [2.45, 2.75) is 26.2 Å². The van der Waals surface area contributed by atoms with Crippen LogP contribution in [0.25, 0.3) is 65.6 Å². The second kappa shape index (κ2) is 12.6. The van der Waals surface area contributed by atoms with E-state index in [1.54, 1.807) is 24.5 Å². The third-order valence-corrected chi connectivity index (χ3v) is 8.92. The molecule has 0 saturated heterocycles. The Morgan fingerprint density at radius 2 is 1.50 bits per heavy atom. The molecule has 0 amide bonds. The van der Waals surface area contributed by atoms with Crippen LogP contribution < -0.4 is 0 Å². The first-order valence-electron chi connectivity index (χ1n) is 15.9. The molecule has 237 valence electrons. The molecule has 9 rings (SSSR count). The van der Waals surface area contributed by atoms with Crippen LogP contribution in [0, 0.1) is 18.1 Å². The number of hydrogen-bond acceptors (Lipinski definition) is 2. The van der Waals surface area contributed by atoms with E-state index in [1.807, 2.05) is 72.8 Å². The fraction of sp³-hybridized carbons (Fsp3) is 0.116. The number of alkyl halides is 2. The number of benzene rings is 6. The Bertz CT molecular complexity index is 2400. The predicted octanol–water partition coefficient (Wildman–Crippen LogP) is 11.4. The van der Waals surface area contributed by atoms with Gasteiger partial charge in [-0.05, 0) is 79.7 Å². The summed E-state index contributed by atoms with van der Waals surface area (Å²) in [5, 5.41) is 6.82. The van der Waals surface area contributed by atoms with Gasteiger partial charge in [0.05, 0.1) is 0 Å². The molecule has 1 aliphatic rings. The molecule has 0 aliphatic heterocycles. The first-order chi connectivity index (χ1) is 22.9. The number of hydrogen-bond donors (Lipinski definition) is 0. The molecule has 8 aromatic rings. The molecule has 2 nitrogen and oxygen atoms in total. The van der Waals surface area contributed by atoms with Crippen LogP contribution in [-0.2, 0) is 32.4 Å². The first-order valence-corrected chi connectivity index (χ1v) is 15.9. The Hall–Kier alpha value is -4.83. The molecule has 0 unspecified atom stereocenters. The smallest absolute Gasteiger partial charge is 0.273 e. The number of halogens is 2. The van der Waals surface area contributed by atoms with E-state index in [1.165, 1.54) is 5.56 Å². The van der Waals surface area contributed by atoms with Crippen LogP contribution in [0.15, 0.2) is 128 Å². The first kappa shape index (κ1) is 31.8. The normalized spacial score (nSPS) is 12.9. The molecule has 48 heavy (non-hydrogen) atoms. The molecule has 0 atom stereocenters. The van der Waals surface area contributed by atoms with E-state index in [0.29, 0.717) is 22.6 Å². The van der Waals surface area contributed by atoms with E-state index in [2.05, 4.69) is 66.3 Å². The Kier molecular flexibility index (Phi) is 8.37. The molecule has 0 N–H and O–H groups in total. The van der Waals surface area contributed by atoms with Crippen LogP contribution in [0.1, 0.15) is 30.5 Å². The van der Waals surface area contributed by atoms with Crippen LogP contribution in [0.4, 0.5) is 8.78 Å². The molecule has 1 radical (unpaired) electrons. The molecule has 0 spiro atoms. The summed E-state index contributed by atoms with van der Waals surface area (Å²) in [6, 6.07) is 43.4. The molecule has 5 heteroatoms. The minimum Gasteiger partial charge on any atom is -0.305 e. The summed E-state index contributed by atoms with van der Waals surface area (Å²) in [5.41, 5.74) is 4.22. The van der Waals surface area contributed by atoms with Crippen molar-refractivity contribution >= 4 is 43.1 Å². The van der Waals surface area contributed by atoms with Crippen molar-refractivity contribution in [1.29, 1.82) is 0 Å². The summed E-state index contributed by atoms with van der Waals surface area (Å²) in [5.74, 6) is -2.64. The zero-order valence-electron chi connectivity index (χ0n) is 26.4. The van der Waals surface area contributed by atoms with Gasteiger partial charge in [0.25, 0.3) is 5.92 Å². The maximum absolute atomic E-state index is 16.3. The topological polar surface area (TPSA) is 25.8 Å². The van der Waals surface area contributed by atoms with Crippen LogP contribution in [-0.4, -0.2) is 9.97 Å². The molecule has 6 aromatic carbocycles. The fourth-order valence-electron chi connectivity index (χ4n) is 6.81. The molecular formula is C43H30F2IrN2-2. The van der Waals surface area contributed by atoms with Gasteiger partial charge in [-0.1, -0.05) is 85.5 Å². The second-order valence-electron chi connectivity index (χ2n) is 12.5. The van der Waals surface area contributed by atoms with Gasteiger partial charge in [0.1, 0.15) is 0 Å².